The third-order valence-electron chi connectivity index (χ3n) is 4.85. The molecule has 1 unspecified atom stereocenters. The molecule has 1 spiro atoms. The SMILES string of the molecule is CS(=O)(=O)N1CCC2(CC1)COC(COc1cccnc1)C2.O=C(O)C(F)(F)F. The summed E-state index contributed by atoms with van der Waals surface area (Å²) in [6.07, 6.45) is 2.34. The van der Waals surface area contributed by atoms with Crippen molar-refractivity contribution in [3.8, 4) is 5.75 Å². The molecule has 0 aromatic carbocycles. The van der Waals surface area contributed by atoms with Crippen LogP contribution in [-0.4, -0.2) is 73.6 Å². The van der Waals surface area contributed by atoms with Crippen molar-refractivity contribution in [3.63, 3.8) is 0 Å². The van der Waals surface area contributed by atoms with Crippen molar-refractivity contribution < 1.29 is 41.0 Å². The van der Waals surface area contributed by atoms with E-state index in [4.69, 9.17) is 19.4 Å². The fourth-order valence-electron chi connectivity index (χ4n) is 3.26. The molecule has 2 aliphatic rings. The van der Waals surface area contributed by atoms with Crippen LogP contribution in [0.3, 0.4) is 0 Å². The number of aliphatic carboxylic acids is 1. The number of rotatable bonds is 4. The number of alkyl halides is 3. The van der Waals surface area contributed by atoms with Gasteiger partial charge in [0.1, 0.15) is 12.4 Å². The van der Waals surface area contributed by atoms with E-state index in [-0.39, 0.29) is 11.5 Å². The topological polar surface area (TPSA) is 106 Å². The minimum atomic E-state index is -5.08. The molecule has 0 radical (unpaired) electrons. The normalized spacial score (nSPS) is 22.0. The summed E-state index contributed by atoms with van der Waals surface area (Å²) in [6.45, 7) is 2.41. The second kappa shape index (κ2) is 9.26. The lowest BCUT2D eigenvalue weighted by atomic mass is 9.77. The zero-order valence-electron chi connectivity index (χ0n) is 15.8. The smallest absolute Gasteiger partial charge is 0.489 e. The number of aromatic nitrogens is 1. The van der Waals surface area contributed by atoms with E-state index in [0.29, 0.717) is 26.3 Å². The quantitative estimate of drug-likeness (QED) is 0.763. The van der Waals surface area contributed by atoms with Gasteiger partial charge in [0.05, 0.1) is 25.2 Å². The molecule has 0 amide bonds. The Morgan fingerprint density at radius 3 is 2.52 bits per heavy atom. The van der Waals surface area contributed by atoms with Crippen LogP contribution in [-0.2, 0) is 19.6 Å². The molecule has 12 heteroatoms. The summed E-state index contributed by atoms with van der Waals surface area (Å²) >= 11 is 0. The van der Waals surface area contributed by atoms with E-state index < -0.39 is 22.2 Å². The molecule has 1 atom stereocenters. The Balaban J connectivity index is 0.000000370. The van der Waals surface area contributed by atoms with Gasteiger partial charge < -0.3 is 14.6 Å². The molecule has 1 N–H and O–H groups in total. The first-order valence-corrected chi connectivity index (χ1v) is 10.7. The summed E-state index contributed by atoms with van der Waals surface area (Å²) in [5, 5.41) is 7.12. The van der Waals surface area contributed by atoms with E-state index >= 15 is 0 Å². The maximum atomic E-state index is 11.6. The highest BCUT2D eigenvalue weighted by Gasteiger charge is 2.43. The van der Waals surface area contributed by atoms with E-state index in [2.05, 4.69) is 4.98 Å². The van der Waals surface area contributed by atoms with E-state index in [1.54, 1.807) is 16.7 Å². The Morgan fingerprint density at radius 1 is 1.41 bits per heavy atom. The number of sulfonamides is 1. The summed E-state index contributed by atoms with van der Waals surface area (Å²) in [5.41, 5.74) is 0.115. The second-order valence-electron chi connectivity index (χ2n) is 7.10. The molecule has 29 heavy (non-hydrogen) atoms. The van der Waals surface area contributed by atoms with Gasteiger partial charge in [-0.15, -0.1) is 0 Å². The number of hydrogen-bond donors (Lipinski definition) is 1. The number of halogens is 3. The fourth-order valence-corrected chi connectivity index (χ4v) is 4.11. The molecule has 0 aliphatic carbocycles. The van der Waals surface area contributed by atoms with Gasteiger partial charge in [-0.05, 0) is 36.8 Å². The number of hydrogen-bond acceptors (Lipinski definition) is 6. The molecular formula is C17H23F3N2O6S. The van der Waals surface area contributed by atoms with Crippen LogP contribution in [0.25, 0.3) is 0 Å². The van der Waals surface area contributed by atoms with Crippen molar-refractivity contribution in [1.29, 1.82) is 0 Å². The number of carbonyl (C=O) groups is 1. The zero-order chi connectivity index (χ0) is 21.7. The molecule has 164 valence electrons. The minimum Gasteiger partial charge on any atom is -0.489 e. The molecule has 1 aromatic heterocycles. The standard InChI is InChI=1S/C15H22N2O4S.C2HF3O2/c1-22(18,19)17-7-4-15(5-8-17)9-14(21-12-15)11-20-13-3-2-6-16-10-13;3-2(4,5)1(6)7/h2-3,6,10,14H,4-5,7-9,11-12H2,1H3;(H,6,7). The predicted molar refractivity (Wildman–Crippen MR) is 95.9 cm³/mol. The predicted octanol–water partition coefficient (Wildman–Crippen LogP) is 1.92. The number of carboxylic acids is 1. The fraction of sp³-hybridized carbons (Fsp3) is 0.647. The number of piperidine rings is 1. The minimum absolute atomic E-state index is 0.0741. The molecule has 0 saturated carbocycles. The number of ether oxygens (including phenoxy) is 2. The van der Waals surface area contributed by atoms with Crippen molar-refractivity contribution >= 4 is 16.0 Å². The van der Waals surface area contributed by atoms with Crippen LogP contribution in [0, 0.1) is 5.41 Å². The molecule has 3 rings (SSSR count). The molecule has 0 bridgehead atoms. The Kier molecular flexibility index (Phi) is 7.46. The maximum Gasteiger partial charge on any atom is 0.490 e. The zero-order valence-corrected chi connectivity index (χ0v) is 16.6. The lowest BCUT2D eigenvalue weighted by Gasteiger charge is -2.37. The van der Waals surface area contributed by atoms with Gasteiger partial charge >= 0.3 is 12.1 Å². The summed E-state index contributed by atoms with van der Waals surface area (Å²) in [5.74, 6) is -2.01. The van der Waals surface area contributed by atoms with Crippen molar-refractivity contribution in [2.45, 2.75) is 31.5 Å². The molecule has 1 aromatic rings. The van der Waals surface area contributed by atoms with Gasteiger partial charge in [-0.25, -0.2) is 17.5 Å². The highest BCUT2D eigenvalue weighted by atomic mass is 32.2. The third kappa shape index (κ3) is 7.12. The van der Waals surface area contributed by atoms with Crippen LogP contribution >= 0.6 is 0 Å². The molecule has 2 fully saturated rings. The van der Waals surface area contributed by atoms with Crippen LogP contribution in [0.2, 0.25) is 0 Å². The van der Waals surface area contributed by atoms with E-state index in [0.717, 1.165) is 25.0 Å². The van der Waals surface area contributed by atoms with Crippen LogP contribution in [0.5, 0.6) is 5.75 Å². The molecule has 2 saturated heterocycles. The van der Waals surface area contributed by atoms with Crippen molar-refractivity contribution in [1.82, 2.24) is 9.29 Å². The van der Waals surface area contributed by atoms with Crippen LogP contribution < -0.4 is 4.74 Å². The van der Waals surface area contributed by atoms with Gasteiger partial charge in [0, 0.05) is 19.3 Å². The Hall–Kier alpha value is -1.92. The third-order valence-corrected chi connectivity index (χ3v) is 6.15. The highest BCUT2D eigenvalue weighted by molar-refractivity contribution is 7.88. The molecule has 2 aliphatic heterocycles. The van der Waals surface area contributed by atoms with Gasteiger partial charge in [0.2, 0.25) is 10.0 Å². The number of nitrogens with zero attached hydrogens (tertiary/aromatic N) is 2. The van der Waals surface area contributed by atoms with E-state index in [1.165, 1.54) is 6.26 Å². The van der Waals surface area contributed by atoms with Crippen molar-refractivity contribution in [3.05, 3.63) is 24.5 Å². The first-order chi connectivity index (χ1) is 13.4. The summed E-state index contributed by atoms with van der Waals surface area (Å²) in [6, 6.07) is 3.72. The van der Waals surface area contributed by atoms with Crippen LogP contribution in [0.1, 0.15) is 19.3 Å². The molecule has 3 heterocycles. The van der Waals surface area contributed by atoms with Gasteiger partial charge in [0.15, 0.2) is 0 Å². The Bertz CT molecular complexity index is 780. The van der Waals surface area contributed by atoms with Gasteiger partial charge in [-0.2, -0.15) is 13.2 Å². The lowest BCUT2D eigenvalue weighted by Crippen LogP contribution is -2.43. The average Bonchev–Trinajstić information content (AvgIpc) is 3.03. The average molecular weight is 440 g/mol. The summed E-state index contributed by atoms with van der Waals surface area (Å²) in [4.78, 5) is 12.9. The Morgan fingerprint density at radius 2 is 2.03 bits per heavy atom. The van der Waals surface area contributed by atoms with Gasteiger partial charge in [-0.1, -0.05) is 0 Å². The molecule has 8 nitrogen and oxygen atoms in total. The second-order valence-corrected chi connectivity index (χ2v) is 9.08. The van der Waals surface area contributed by atoms with Crippen molar-refractivity contribution in [2.75, 3.05) is 32.6 Å². The van der Waals surface area contributed by atoms with E-state index in [1.807, 2.05) is 12.1 Å². The first-order valence-electron chi connectivity index (χ1n) is 8.81. The molecular weight excluding hydrogens is 417 g/mol. The number of pyridine rings is 1. The van der Waals surface area contributed by atoms with E-state index in [9.17, 15) is 21.6 Å². The van der Waals surface area contributed by atoms with Crippen LogP contribution in [0.4, 0.5) is 13.2 Å². The summed E-state index contributed by atoms with van der Waals surface area (Å²) in [7, 11) is -3.07. The highest BCUT2D eigenvalue weighted by Crippen LogP contribution is 2.42. The van der Waals surface area contributed by atoms with Gasteiger partial charge in [-0.3, -0.25) is 4.98 Å². The van der Waals surface area contributed by atoms with Crippen LogP contribution in [0.15, 0.2) is 24.5 Å². The number of carboxylic acid groups (broad SMARTS) is 1. The monoisotopic (exact) mass is 440 g/mol. The van der Waals surface area contributed by atoms with Crippen molar-refractivity contribution in [2.24, 2.45) is 5.41 Å². The Labute approximate surface area is 166 Å². The summed E-state index contributed by atoms with van der Waals surface area (Å²) < 4.78 is 68.0. The van der Waals surface area contributed by atoms with Gasteiger partial charge in [0.25, 0.3) is 0 Å². The first kappa shape index (κ1) is 23.4. The largest absolute Gasteiger partial charge is 0.490 e. The lowest BCUT2D eigenvalue weighted by molar-refractivity contribution is -0.192. The maximum absolute atomic E-state index is 11.6.